The summed E-state index contributed by atoms with van der Waals surface area (Å²) < 4.78 is 29.0. The number of rotatable bonds is 0. The molecule has 0 aliphatic rings. The minimum Gasteiger partial charge on any atom is -0.399 e. The Morgan fingerprint density at radius 3 is 1.67 bits per heavy atom. The summed E-state index contributed by atoms with van der Waals surface area (Å²) in [6, 6.07) is 7.05. The van der Waals surface area contributed by atoms with Crippen LogP contribution in [0, 0.1) is 0 Å². The molecule has 0 fully saturated rings. The monoisotopic (exact) mass is 195 g/mol. The van der Waals surface area contributed by atoms with Crippen molar-refractivity contribution in [3.05, 3.63) is 29.3 Å². The van der Waals surface area contributed by atoms with Gasteiger partial charge in [0.2, 0.25) is 0 Å². The van der Waals surface area contributed by atoms with Gasteiger partial charge in [-0.25, -0.2) is 0 Å². The average Bonchev–Trinajstić information content (AvgIpc) is 1.94. The van der Waals surface area contributed by atoms with Gasteiger partial charge in [0.15, 0.2) is 0 Å². The standard InChI is InChI=1S/C6H6ClN.BF3/c7-5-1-3-6(8)4-2-5;2-1(3)4/h1-4H,8H2;. The summed E-state index contributed by atoms with van der Waals surface area (Å²) in [4.78, 5) is 0. The van der Waals surface area contributed by atoms with E-state index in [4.69, 9.17) is 17.3 Å². The van der Waals surface area contributed by atoms with E-state index in [1.807, 2.05) is 0 Å². The molecule has 0 aliphatic heterocycles. The first-order valence-corrected chi connectivity index (χ1v) is 3.33. The summed E-state index contributed by atoms with van der Waals surface area (Å²) in [5.41, 5.74) is 6.11. The second-order valence-electron chi connectivity index (χ2n) is 1.80. The van der Waals surface area contributed by atoms with E-state index in [1.165, 1.54) is 0 Å². The number of anilines is 1. The van der Waals surface area contributed by atoms with Gasteiger partial charge in [-0.3, -0.25) is 12.9 Å². The SMILES string of the molecule is FB(F)F.Nc1ccc(Cl)cc1. The number of halogens is 4. The lowest BCUT2D eigenvalue weighted by atomic mass is 10.3. The second kappa shape index (κ2) is 5.77. The van der Waals surface area contributed by atoms with Crippen LogP contribution in [-0.4, -0.2) is 7.54 Å². The lowest BCUT2D eigenvalue weighted by Crippen LogP contribution is -1.80. The highest BCUT2D eigenvalue weighted by Crippen LogP contribution is 2.09. The summed E-state index contributed by atoms with van der Waals surface area (Å²) in [7, 11) is -3.67. The summed E-state index contributed by atoms with van der Waals surface area (Å²) in [6.45, 7) is 0. The van der Waals surface area contributed by atoms with Gasteiger partial charge in [0.1, 0.15) is 0 Å². The van der Waals surface area contributed by atoms with Crippen molar-refractivity contribution in [1.29, 1.82) is 0 Å². The maximum atomic E-state index is 9.67. The number of hydrogen-bond acceptors (Lipinski definition) is 1. The van der Waals surface area contributed by atoms with Crippen LogP contribution in [-0.2, 0) is 0 Å². The molecule has 66 valence electrons. The Bertz CT molecular complexity index is 193. The molecular formula is C6H6BClF3N. The molecule has 0 heterocycles. The zero-order chi connectivity index (χ0) is 9.56. The van der Waals surface area contributed by atoms with Gasteiger partial charge < -0.3 is 5.73 Å². The first-order chi connectivity index (χ1) is 5.52. The van der Waals surface area contributed by atoms with Gasteiger partial charge in [-0.2, -0.15) is 0 Å². The van der Waals surface area contributed by atoms with Crippen molar-refractivity contribution in [1.82, 2.24) is 0 Å². The van der Waals surface area contributed by atoms with E-state index in [0.717, 1.165) is 10.7 Å². The fourth-order valence-corrected chi connectivity index (χ4v) is 0.589. The van der Waals surface area contributed by atoms with Crippen LogP contribution in [0.5, 0.6) is 0 Å². The predicted molar refractivity (Wildman–Crippen MR) is 44.9 cm³/mol. The molecule has 0 atom stereocenters. The fourth-order valence-electron chi connectivity index (χ4n) is 0.463. The van der Waals surface area contributed by atoms with Gasteiger partial charge in [0, 0.05) is 10.7 Å². The van der Waals surface area contributed by atoms with Gasteiger partial charge in [-0.15, -0.1) is 0 Å². The Kier molecular flexibility index (Phi) is 5.37. The van der Waals surface area contributed by atoms with Gasteiger partial charge in [0.05, 0.1) is 0 Å². The number of nitrogens with two attached hydrogens (primary N) is 1. The molecule has 0 unspecified atom stereocenters. The summed E-state index contributed by atoms with van der Waals surface area (Å²) >= 11 is 5.56. The topological polar surface area (TPSA) is 26.0 Å². The molecule has 12 heavy (non-hydrogen) atoms. The lowest BCUT2D eigenvalue weighted by Gasteiger charge is -1.88. The molecule has 0 amide bonds. The number of nitrogen functional groups attached to an aromatic ring is 1. The van der Waals surface area contributed by atoms with E-state index in [0.29, 0.717) is 0 Å². The third kappa shape index (κ3) is 7.27. The van der Waals surface area contributed by atoms with Crippen LogP contribution in [0.2, 0.25) is 5.02 Å². The Morgan fingerprint density at radius 2 is 1.42 bits per heavy atom. The predicted octanol–water partition coefficient (Wildman–Crippen LogP) is 2.80. The molecule has 1 aromatic carbocycles. The van der Waals surface area contributed by atoms with Crippen molar-refractivity contribution in [3.63, 3.8) is 0 Å². The minimum atomic E-state index is -3.67. The average molecular weight is 195 g/mol. The summed E-state index contributed by atoms with van der Waals surface area (Å²) in [6.07, 6.45) is 0. The molecule has 2 N–H and O–H groups in total. The van der Waals surface area contributed by atoms with Crippen molar-refractivity contribution >= 4 is 24.8 Å². The van der Waals surface area contributed by atoms with Crippen LogP contribution in [0.25, 0.3) is 0 Å². The maximum Gasteiger partial charge on any atom is 0.762 e. The van der Waals surface area contributed by atoms with Crippen LogP contribution >= 0.6 is 11.6 Å². The largest absolute Gasteiger partial charge is 0.762 e. The summed E-state index contributed by atoms with van der Waals surface area (Å²) in [5.74, 6) is 0. The first kappa shape index (κ1) is 11.2. The third-order valence-corrected chi connectivity index (χ3v) is 1.12. The van der Waals surface area contributed by atoms with Crippen molar-refractivity contribution in [2.75, 3.05) is 5.73 Å². The molecule has 0 saturated heterocycles. The molecule has 0 radical (unpaired) electrons. The van der Waals surface area contributed by atoms with Gasteiger partial charge in [-0.1, -0.05) is 11.6 Å². The molecule has 0 aromatic heterocycles. The highest BCUT2D eigenvalue weighted by molar-refractivity contribution is 6.33. The lowest BCUT2D eigenvalue weighted by molar-refractivity contribution is 0.535. The van der Waals surface area contributed by atoms with E-state index in [9.17, 15) is 12.9 Å². The van der Waals surface area contributed by atoms with Crippen LogP contribution < -0.4 is 5.73 Å². The van der Waals surface area contributed by atoms with E-state index in [2.05, 4.69) is 0 Å². The highest BCUT2D eigenvalue weighted by atomic mass is 35.5. The van der Waals surface area contributed by atoms with Gasteiger partial charge >= 0.3 is 7.54 Å². The smallest absolute Gasteiger partial charge is 0.399 e. The van der Waals surface area contributed by atoms with E-state index in [-0.39, 0.29) is 0 Å². The molecule has 1 aromatic rings. The Balaban J connectivity index is 0.000000261. The Labute approximate surface area is 73.5 Å². The molecule has 1 rings (SSSR count). The van der Waals surface area contributed by atoms with Crippen molar-refractivity contribution in [3.8, 4) is 0 Å². The third-order valence-electron chi connectivity index (χ3n) is 0.870. The van der Waals surface area contributed by atoms with Gasteiger partial charge in [0.25, 0.3) is 0 Å². The minimum absolute atomic E-state index is 0.721. The quantitative estimate of drug-likeness (QED) is 0.500. The molecular weight excluding hydrogens is 189 g/mol. The highest BCUT2D eigenvalue weighted by Gasteiger charge is 2.06. The number of hydrogen-bond donors (Lipinski definition) is 1. The van der Waals surface area contributed by atoms with Crippen LogP contribution in [0.1, 0.15) is 0 Å². The Hall–Kier alpha value is -0.835. The molecule has 0 bridgehead atoms. The van der Waals surface area contributed by atoms with E-state index in [1.54, 1.807) is 24.3 Å². The van der Waals surface area contributed by atoms with Gasteiger partial charge in [-0.05, 0) is 24.3 Å². The molecule has 0 spiro atoms. The zero-order valence-electron chi connectivity index (χ0n) is 5.98. The first-order valence-electron chi connectivity index (χ1n) is 2.95. The Morgan fingerprint density at radius 1 is 1.08 bits per heavy atom. The van der Waals surface area contributed by atoms with Crippen LogP contribution in [0.15, 0.2) is 24.3 Å². The second-order valence-corrected chi connectivity index (χ2v) is 2.24. The van der Waals surface area contributed by atoms with Crippen molar-refractivity contribution < 1.29 is 12.9 Å². The normalized spacial score (nSPS) is 8.33. The maximum absolute atomic E-state index is 9.67. The zero-order valence-corrected chi connectivity index (χ0v) is 6.73. The summed E-state index contributed by atoms with van der Waals surface area (Å²) in [5, 5.41) is 0.721. The van der Waals surface area contributed by atoms with Crippen molar-refractivity contribution in [2.45, 2.75) is 0 Å². The van der Waals surface area contributed by atoms with Crippen molar-refractivity contribution in [2.24, 2.45) is 0 Å². The van der Waals surface area contributed by atoms with Crippen LogP contribution in [0.3, 0.4) is 0 Å². The molecule has 0 aliphatic carbocycles. The fraction of sp³-hybridized carbons (Fsp3) is 0. The molecule has 6 heteroatoms. The molecule has 1 nitrogen and oxygen atoms in total. The molecule has 0 saturated carbocycles. The number of benzene rings is 1. The van der Waals surface area contributed by atoms with Crippen LogP contribution in [0.4, 0.5) is 18.6 Å². The van der Waals surface area contributed by atoms with E-state index >= 15 is 0 Å². The van der Waals surface area contributed by atoms with E-state index < -0.39 is 7.54 Å².